The highest BCUT2D eigenvalue weighted by Gasteiger charge is 2.35. The Bertz CT molecular complexity index is 436. The van der Waals surface area contributed by atoms with Crippen molar-refractivity contribution in [3.8, 4) is 0 Å². The lowest BCUT2D eigenvalue weighted by Gasteiger charge is -2.40. The number of piperidine rings is 1. The summed E-state index contributed by atoms with van der Waals surface area (Å²) in [6.45, 7) is 4.93. The van der Waals surface area contributed by atoms with Crippen molar-refractivity contribution < 1.29 is 4.79 Å². The van der Waals surface area contributed by atoms with E-state index in [0.29, 0.717) is 11.8 Å². The molecule has 0 radical (unpaired) electrons. The molecule has 1 amide bonds. The first-order valence-electron chi connectivity index (χ1n) is 7.27. The van der Waals surface area contributed by atoms with Crippen LogP contribution in [0.5, 0.6) is 0 Å². The molecule has 0 saturated carbocycles. The van der Waals surface area contributed by atoms with Gasteiger partial charge in [-0.1, -0.05) is 6.92 Å². The van der Waals surface area contributed by atoms with Crippen molar-refractivity contribution in [2.24, 2.45) is 11.8 Å². The van der Waals surface area contributed by atoms with Gasteiger partial charge in [0, 0.05) is 24.2 Å². The van der Waals surface area contributed by atoms with Gasteiger partial charge in [-0.05, 0) is 38.3 Å². The molecular weight excluding hydrogens is 311 g/mol. The van der Waals surface area contributed by atoms with Gasteiger partial charge in [-0.2, -0.15) is 5.10 Å². The Kier molecular flexibility index (Phi) is 6.97. The predicted octanol–water partition coefficient (Wildman–Crippen LogP) is 2.16. The summed E-state index contributed by atoms with van der Waals surface area (Å²) in [4.78, 5) is 14.8. The normalized spacial score (nSPS) is 23.5. The number of amides is 1. The van der Waals surface area contributed by atoms with Gasteiger partial charge in [0.1, 0.15) is 0 Å². The van der Waals surface area contributed by atoms with Gasteiger partial charge >= 0.3 is 0 Å². The Labute approximate surface area is 138 Å². The summed E-state index contributed by atoms with van der Waals surface area (Å²) >= 11 is 0. The second kappa shape index (κ2) is 8.01. The molecule has 2 atom stereocenters. The van der Waals surface area contributed by atoms with Gasteiger partial charge in [0.15, 0.2) is 0 Å². The molecular formula is C14H24Cl2N4O. The molecule has 120 valence electrons. The molecule has 5 nitrogen and oxygen atoms in total. The van der Waals surface area contributed by atoms with E-state index in [-0.39, 0.29) is 36.8 Å². The van der Waals surface area contributed by atoms with Crippen molar-refractivity contribution in [3.63, 3.8) is 0 Å². The van der Waals surface area contributed by atoms with Gasteiger partial charge in [0.05, 0.1) is 12.2 Å². The fourth-order valence-corrected chi connectivity index (χ4v) is 3.11. The van der Waals surface area contributed by atoms with Gasteiger partial charge in [-0.3, -0.25) is 9.89 Å². The van der Waals surface area contributed by atoms with E-state index in [2.05, 4.69) is 27.3 Å². The van der Waals surface area contributed by atoms with Crippen LogP contribution < -0.4 is 5.32 Å². The number of aromatic amines is 1. The average molecular weight is 335 g/mol. The maximum Gasteiger partial charge on any atom is 0.226 e. The summed E-state index contributed by atoms with van der Waals surface area (Å²) < 4.78 is 0. The van der Waals surface area contributed by atoms with Gasteiger partial charge in [-0.25, -0.2) is 0 Å². The number of carbonyl (C=O) groups excluding carboxylic acids is 1. The smallest absolute Gasteiger partial charge is 0.226 e. The van der Waals surface area contributed by atoms with Crippen molar-refractivity contribution in [2.45, 2.75) is 32.2 Å². The van der Waals surface area contributed by atoms with Gasteiger partial charge in [0.2, 0.25) is 5.91 Å². The van der Waals surface area contributed by atoms with Gasteiger partial charge in [-0.15, -0.1) is 24.8 Å². The van der Waals surface area contributed by atoms with E-state index in [0.717, 1.165) is 38.0 Å². The van der Waals surface area contributed by atoms with Crippen molar-refractivity contribution in [3.05, 3.63) is 18.0 Å². The molecule has 1 aromatic rings. The van der Waals surface area contributed by atoms with Crippen molar-refractivity contribution in [1.29, 1.82) is 0 Å². The highest BCUT2D eigenvalue weighted by Crippen LogP contribution is 2.32. The van der Waals surface area contributed by atoms with Gasteiger partial charge < -0.3 is 10.2 Å². The summed E-state index contributed by atoms with van der Waals surface area (Å²) in [7, 11) is 0. The van der Waals surface area contributed by atoms with Crippen LogP contribution in [0.1, 0.15) is 37.8 Å². The van der Waals surface area contributed by atoms with E-state index in [4.69, 9.17) is 0 Å². The quantitative estimate of drug-likeness (QED) is 0.890. The van der Waals surface area contributed by atoms with Crippen molar-refractivity contribution in [2.75, 3.05) is 19.6 Å². The maximum absolute atomic E-state index is 12.7. The molecule has 1 aromatic heterocycles. The first-order valence-corrected chi connectivity index (χ1v) is 7.27. The molecule has 2 aliphatic rings. The molecule has 0 spiro atoms. The van der Waals surface area contributed by atoms with E-state index >= 15 is 0 Å². The lowest BCUT2D eigenvalue weighted by Crippen LogP contribution is -2.51. The van der Waals surface area contributed by atoms with Crippen LogP contribution in [0.3, 0.4) is 0 Å². The lowest BCUT2D eigenvalue weighted by molar-refractivity contribution is -0.141. The minimum Gasteiger partial charge on any atom is -0.335 e. The maximum atomic E-state index is 12.7. The van der Waals surface area contributed by atoms with E-state index < -0.39 is 0 Å². The first kappa shape index (κ1) is 18.3. The average Bonchev–Trinajstić information content (AvgIpc) is 2.89. The van der Waals surface area contributed by atoms with Crippen LogP contribution in [0.25, 0.3) is 0 Å². The fraction of sp³-hybridized carbons (Fsp3) is 0.714. The highest BCUT2D eigenvalue weighted by atomic mass is 35.5. The molecule has 7 heteroatoms. The number of hydrogen-bond acceptors (Lipinski definition) is 3. The number of hydrogen-bond donors (Lipinski definition) is 2. The monoisotopic (exact) mass is 334 g/mol. The van der Waals surface area contributed by atoms with Crippen LogP contribution in [-0.2, 0) is 4.79 Å². The number of nitrogens with zero attached hydrogens (tertiary/aromatic N) is 2. The number of H-pyrrole nitrogens is 1. The Morgan fingerprint density at radius 1 is 1.38 bits per heavy atom. The highest BCUT2D eigenvalue weighted by molar-refractivity contribution is 5.85. The minimum absolute atomic E-state index is 0. The third kappa shape index (κ3) is 3.71. The molecule has 2 saturated heterocycles. The van der Waals surface area contributed by atoms with Crippen LogP contribution in [0.2, 0.25) is 0 Å². The molecule has 3 rings (SSSR count). The molecule has 2 fully saturated rings. The summed E-state index contributed by atoms with van der Waals surface area (Å²) in [5.74, 6) is 0.963. The van der Waals surface area contributed by atoms with Crippen molar-refractivity contribution >= 4 is 30.7 Å². The molecule has 0 aromatic carbocycles. The summed E-state index contributed by atoms with van der Waals surface area (Å²) in [5, 5.41) is 10.1. The van der Waals surface area contributed by atoms with Crippen molar-refractivity contribution in [1.82, 2.24) is 20.4 Å². The third-order valence-corrected chi connectivity index (χ3v) is 4.60. The second-order valence-electron chi connectivity index (χ2n) is 5.78. The first-order chi connectivity index (χ1) is 9.27. The van der Waals surface area contributed by atoms with Crippen LogP contribution in [0.4, 0.5) is 0 Å². The van der Waals surface area contributed by atoms with Crippen LogP contribution in [0, 0.1) is 11.8 Å². The standard InChI is InChI=1S/C14H22N4O.2ClH/c1-10(11-6-15-7-11)14(19)18-5-3-2-4-13(18)12-8-16-17-9-12;;/h8-11,13,15H,2-7H2,1H3,(H,16,17);2*1H. The second-order valence-corrected chi connectivity index (χ2v) is 5.78. The largest absolute Gasteiger partial charge is 0.335 e. The number of carbonyl (C=O) groups is 1. The van der Waals surface area contributed by atoms with Crippen LogP contribution in [-0.4, -0.2) is 40.6 Å². The molecule has 2 unspecified atom stereocenters. The number of rotatable bonds is 3. The molecule has 0 bridgehead atoms. The Hall–Kier alpha value is -0.780. The molecule has 21 heavy (non-hydrogen) atoms. The predicted molar refractivity (Wildman–Crippen MR) is 86.9 cm³/mol. The molecule has 3 heterocycles. The summed E-state index contributed by atoms with van der Waals surface area (Å²) in [5.41, 5.74) is 1.15. The number of likely N-dealkylation sites (tertiary alicyclic amines) is 1. The zero-order chi connectivity index (χ0) is 13.2. The topological polar surface area (TPSA) is 61.0 Å². The Balaban J connectivity index is 0.00000110. The Morgan fingerprint density at radius 3 is 2.71 bits per heavy atom. The number of nitrogens with one attached hydrogen (secondary N) is 2. The van der Waals surface area contributed by atoms with Crippen LogP contribution in [0.15, 0.2) is 12.4 Å². The Morgan fingerprint density at radius 2 is 2.14 bits per heavy atom. The molecule has 2 N–H and O–H groups in total. The van der Waals surface area contributed by atoms with Gasteiger partial charge in [0.25, 0.3) is 0 Å². The molecule has 2 aliphatic heterocycles. The van der Waals surface area contributed by atoms with E-state index in [1.54, 1.807) is 0 Å². The zero-order valence-electron chi connectivity index (χ0n) is 12.2. The van der Waals surface area contributed by atoms with E-state index in [9.17, 15) is 4.79 Å². The molecule has 0 aliphatic carbocycles. The van der Waals surface area contributed by atoms with E-state index in [1.165, 1.54) is 6.42 Å². The summed E-state index contributed by atoms with van der Waals surface area (Å²) in [6, 6.07) is 0.218. The number of aromatic nitrogens is 2. The fourth-order valence-electron chi connectivity index (χ4n) is 3.11. The SMILES string of the molecule is CC(C(=O)N1CCCCC1c1cn[nH]c1)C1CNC1.Cl.Cl. The lowest BCUT2D eigenvalue weighted by atomic mass is 9.86. The van der Waals surface area contributed by atoms with E-state index in [1.807, 2.05) is 12.4 Å². The minimum atomic E-state index is 0. The third-order valence-electron chi connectivity index (χ3n) is 4.60. The number of halogens is 2. The van der Waals surface area contributed by atoms with Crippen LogP contribution >= 0.6 is 24.8 Å². The zero-order valence-corrected chi connectivity index (χ0v) is 13.9. The summed E-state index contributed by atoms with van der Waals surface area (Å²) in [6.07, 6.45) is 7.15.